The molecule has 0 spiro atoms. The minimum Gasteiger partial charge on any atom is -0.486 e. The zero-order valence-corrected chi connectivity index (χ0v) is 12.7. The van der Waals surface area contributed by atoms with Crippen molar-refractivity contribution in [1.82, 2.24) is 5.32 Å². The van der Waals surface area contributed by atoms with Crippen LogP contribution in [0.25, 0.3) is 0 Å². The lowest BCUT2D eigenvalue weighted by molar-refractivity contribution is -0.141. The van der Waals surface area contributed by atoms with E-state index in [0.29, 0.717) is 43.2 Å². The molecule has 0 bridgehead atoms. The number of fused-ring (bicyclic) bond motifs is 1. The molecule has 112 valence electrons. The van der Waals surface area contributed by atoms with Gasteiger partial charge in [-0.15, -0.1) is 0 Å². The molecule has 2 heterocycles. The number of carboxylic acid groups (broad SMARTS) is 1. The van der Waals surface area contributed by atoms with E-state index in [4.69, 9.17) is 14.6 Å². The smallest absolute Gasteiger partial charge is 0.307 e. The molecule has 0 aromatic heterocycles. The Hall–Kier alpha value is -1.60. The number of carbonyl (C=O) groups excluding carboxylic acids is 1. The number of ether oxygens (including phenoxy) is 2. The topological polar surface area (TPSA) is 84.9 Å². The summed E-state index contributed by atoms with van der Waals surface area (Å²) < 4.78 is 12.0. The average Bonchev–Trinajstić information content (AvgIpc) is 2.96. The van der Waals surface area contributed by atoms with Gasteiger partial charge in [0.2, 0.25) is 0 Å². The summed E-state index contributed by atoms with van der Waals surface area (Å²) in [6, 6.07) is 1.54. The average molecular weight is 356 g/mol. The van der Waals surface area contributed by atoms with Gasteiger partial charge in [0.1, 0.15) is 13.2 Å². The van der Waals surface area contributed by atoms with Gasteiger partial charge in [0.15, 0.2) is 17.8 Å². The van der Waals surface area contributed by atoms with Crippen LogP contribution in [0, 0.1) is 5.92 Å². The lowest BCUT2D eigenvalue weighted by Crippen LogP contribution is -2.21. The molecule has 3 rings (SSSR count). The molecule has 0 radical (unpaired) electrons. The molecule has 21 heavy (non-hydrogen) atoms. The number of nitrogens with one attached hydrogen (secondary N) is 1. The van der Waals surface area contributed by atoms with Crippen LogP contribution < -0.4 is 14.8 Å². The molecule has 6 nitrogen and oxygen atoms in total. The maximum atomic E-state index is 11.2. The van der Waals surface area contributed by atoms with Crippen LogP contribution in [-0.2, 0) is 4.79 Å². The molecule has 1 saturated heterocycles. The van der Waals surface area contributed by atoms with E-state index < -0.39 is 11.9 Å². The molecule has 7 heteroatoms. The van der Waals surface area contributed by atoms with Crippen LogP contribution in [0.1, 0.15) is 28.4 Å². The standard InChI is InChI=1S/C14H14BrNO5/c15-9-3-8(6-17)12-13(21-2-1-20-12)11(9)10-4-7(5-16-10)14(18)19/h3,6-7,10,16H,1-2,4-5H2,(H,18,19). The summed E-state index contributed by atoms with van der Waals surface area (Å²) in [5, 5.41) is 12.3. The second-order valence-corrected chi connectivity index (χ2v) is 5.92. The monoisotopic (exact) mass is 355 g/mol. The van der Waals surface area contributed by atoms with E-state index in [1.54, 1.807) is 6.07 Å². The molecule has 2 aliphatic heterocycles. The minimum atomic E-state index is -0.809. The number of rotatable bonds is 3. The highest BCUT2D eigenvalue weighted by molar-refractivity contribution is 9.10. The van der Waals surface area contributed by atoms with Gasteiger partial charge in [-0.3, -0.25) is 9.59 Å². The van der Waals surface area contributed by atoms with Gasteiger partial charge >= 0.3 is 5.97 Å². The number of benzene rings is 1. The second kappa shape index (κ2) is 5.65. The lowest BCUT2D eigenvalue weighted by Gasteiger charge is -2.26. The SMILES string of the molecule is O=Cc1cc(Br)c(C2CC(C(=O)O)CN2)c2c1OCCO2. The second-order valence-electron chi connectivity index (χ2n) is 5.07. The van der Waals surface area contributed by atoms with Gasteiger partial charge in [0.05, 0.1) is 11.5 Å². The molecule has 2 aliphatic rings. The molecule has 0 aliphatic carbocycles. The molecule has 0 amide bonds. The van der Waals surface area contributed by atoms with Gasteiger partial charge < -0.3 is 19.9 Å². The van der Waals surface area contributed by atoms with E-state index >= 15 is 0 Å². The number of halogens is 1. The predicted molar refractivity (Wildman–Crippen MR) is 77.0 cm³/mol. The Morgan fingerprint density at radius 3 is 2.71 bits per heavy atom. The zero-order chi connectivity index (χ0) is 15.0. The van der Waals surface area contributed by atoms with Crippen LogP contribution >= 0.6 is 15.9 Å². The Balaban J connectivity index is 2.03. The summed E-state index contributed by atoms with van der Waals surface area (Å²) in [6.07, 6.45) is 1.20. The number of hydrogen-bond donors (Lipinski definition) is 2. The first-order valence-electron chi connectivity index (χ1n) is 6.65. The summed E-state index contributed by atoms with van der Waals surface area (Å²) >= 11 is 3.45. The van der Waals surface area contributed by atoms with E-state index in [1.165, 1.54) is 0 Å². The molecule has 2 atom stereocenters. The number of carbonyl (C=O) groups is 2. The van der Waals surface area contributed by atoms with Gasteiger partial charge in [0.25, 0.3) is 0 Å². The van der Waals surface area contributed by atoms with Crippen molar-refractivity contribution in [3.05, 3.63) is 21.7 Å². The quantitative estimate of drug-likeness (QED) is 0.803. The number of carboxylic acids is 1. The van der Waals surface area contributed by atoms with E-state index in [-0.39, 0.29) is 6.04 Å². The van der Waals surface area contributed by atoms with Gasteiger partial charge in [-0.1, -0.05) is 15.9 Å². The molecular formula is C14H14BrNO5. The lowest BCUT2D eigenvalue weighted by atomic mass is 9.97. The van der Waals surface area contributed by atoms with Gasteiger partial charge in [-0.25, -0.2) is 0 Å². The molecular weight excluding hydrogens is 342 g/mol. The van der Waals surface area contributed by atoms with Crippen molar-refractivity contribution in [3.8, 4) is 11.5 Å². The van der Waals surface area contributed by atoms with E-state index in [2.05, 4.69) is 21.2 Å². The third-order valence-electron chi connectivity index (χ3n) is 3.78. The van der Waals surface area contributed by atoms with E-state index in [1.807, 2.05) is 0 Å². The first-order chi connectivity index (χ1) is 10.1. The van der Waals surface area contributed by atoms with Gasteiger partial charge in [-0.2, -0.15) is 0 Å². The molecule has 0 saturated carbocycles. The Morgan fingerprint density at radius 2 is 2.10 bits per heavy atom. The molecule has 1 aromatic carbocycles. The highest BCUT2D eigenvalue weighted by Crippen LogP contribution is 2.46. The Morgan fingerprint density at radius 1 is 1.38 bits per heavy atom. The maximum Gasteiger partial charge on any atom is 0.307 e. The van der Waals surface area contributed by atoms with Crippen LogP contribution in [0.4, 0.5) is 0 Å². The molecule has 2 unspecified atom stereocenters. The van der Waals surface area contributed by atoms with E-state index in [0.717, 1.165) is 16.3 Å². The van der Waals surface area contributed by atoms with Crippen LogP contribution in [0.5, 0.6) is 11.5 Å². The fourth-order valence-corrected chi connectivity index (χ4v) is 3.48. The Bertz CT molecular complexity index is 604. The van der Waals surface area contributed by atoms with Crippen LogP contribution in [0.2, 0.25) is 0 Å². The highest BCUT2D eigenvalue weighted by atomic mass is 79.9. The zero-order valence-electron chi connectivity index (χ0n) is 11.1. The summed E-state index contributed by atoms with van der Waals surface area (Å²) in [4.78, 5) is 22.3. The maximum absolute atomic E-state index is 11.2. The summed E-state index contributed by atoms with van der Waals surface area (Å²) in [5.74, 6) is -0.263. The molecule has 1 aromatic rings. The first-order valence-corrected chi connectivity index (χ1v) is 7.44. The fourth-order valence-electron chi connectivity index (χ4n) is 2.78. The summed E-state index contributed by atoms with van der Waals surface area (Å²) in [5.41, 5.74) is 1.24. The molecule has 2 N–H and O–H groups in total. The predicted octanol–water partition coefficient (Wildman–Crippen LogP) is 1.77. The van der Waals surface area contributed by atoms with Crippen molar-refractivity contribution in [2.75, 3.05) is 19.8 Å². The van der Waals surface area contributed by atoms with Crippen LogP contribution in [0.3, 0.4) is 0 Å². The summed E-state index contributed by atoms with van der Waals surface area (Å²) in [6.45, 7) is 1.21. The van der Waals surface area contributed by atoms with Crippen molar-refractivity contribution in [1.29, 1.82) is 0 Å². The van der Waals surface area contributed by atoms with Crippen molar-refractivity contribution < 1.29 is 24.2 Å². The number of hydrogen-bond acceptors (Lipinski definition) is 5. The van der Waals surface area contributed by atoms with Crippen molar-refractivity contribution >= 4 is 28.2 Å². The third kappa shape index (κ3) is 2.51. The van der Waals surface area contributed by atoms with Crippen LogP contribution in [0.15, 0.2) is 10.5 Å². The van der Waals surface area contributed by atoms with Crippen molar-refractivity contribution in [2.24, 2.45) is 5.92 Å². The third-order valence-corrected chi connectivity index (χ3v) is 4.44. The van der Waals surface area contributed by atoms with Crippen LogP contribution in [-0.4, -0.2) is 37.1 Å². The number of aldehydes is 1. The normalized spacial score (nSPS) is 23.9. The van der Waals surface area contributed by atoms with Crippen molar-refractivity contribution in [3.63, 3.8) is 0 Å². The van der Waals surface area contributed by atoms with Gasteiger partial charge in [0, 0.05) is 22.6 Å². The van der Waals surface area contributed by atoms with E-state index in [9.17, 15) is 9.59 Å². The minimum absolute atomic E-state index is 0.142. The Labute approximate surface area is 129 Å². The molecule has 1 fully saturated rings. The Kier molecular flexibility index (Phi) is 3.86. The number of aliphatic carboxylic acids is 1. The van der Waals surface area contributed by atoms with Crippen molar-refractivity contribution in [2.45, 2.75) is 12.5 Å². The highest BCUT2D eigenvalue weighted by Gasteiger charge is 2.35. The largest absolute Gasteiger partial charge is 0.486 e. The van der Waals surface area contributed by atoms with Gasteiger partial charge in [-0.05, 0) is 12.5 Å². The summed E-state index contributed by atoms with van der Waals surface area (Å²) in [7, 11) is 0. The fraction of sp³-hybridized carbons (Fsp3) is 0.429. The first kappa shape index (κ1) is 14.3.